The number of para-hydroxylation sites is 2. The highest BCUT2D eigenvalue weighted by Gasteiger charge is 2.28. The molecule has 0 aliphatic heterocycles. The molecule has 246 valence electrons. The maximum atomic E-state index is 13.8. The molecule has 0 saturated carbocycles. The lowest BCUT2D eigenvalue weighted by molar-refractivity contribution is -0.114. The van der Waals surface area contributed by atoms with Crippen molar-refractivity contribution in [2.75, 3.05) is 36.9 Å². The lowest BCUT2D eigenvalue weighted by Crippen LogP contribution is -2.38. The summed E-state index contributed by atoms with van der Waals surface area (Å²) in [6, 6.07) is 35.5. The first-order valence-electron chi connectivity index (χ1n) is 15.1. The molecular weight excluding hydrogens is 630 g/mol. The molecule has 0 radical (unpaired) electrons. The Morgan fingerprint density at radius 2 is 1.33 bits per heavy atom. The number of carbonyl (C=O) groups excluding carboxylic acids is 2. The molecule has 0 atom stereocenters. The zero-order valence-corrected chi connectivity index (χ0v) is 27.3. The van der Waals surface area contributed by atoms with E-state index in [1.165, 1.54) is 12.1 Å². The minimum Gasteiger partial charge on any atom is -0.493 e. The second-order valence-electron chi connectivity index (χ2n) is 10.5. The van der Waals surface area contributed by atoms with Crippen LogP contribution < -0.4 is 29.1 Å². The van der Waals surface area contributed by atoms with Crippen molar-refractivity contribution in [3.05, 3.63) is 139 Å². The number of benzene rings is 5. The van der Waals surface area contributed by atoms with E-state index >= 15 is 0 Å². The third kappa shape index (κ3) is 8.31. The van der Waals surface area contributed by atoms with Gasteiger partial charge in [-0.3, -0.25) is 13.9 Å². The van der Waals surface area contributed by atoms with Crippen molar-refractivity contribution in [3.63, 3.8) is 0 Å². The standard InChI is InChI=1S/C37H35N3O7S/c1-45-34-22-17-27(25-35(34)46-2)23-24-38-37(42)32-15-9-10-16-33(32)39-36(41)26-40(48(43,44)31-13-7-4-8-14-31)28-18-20-30(21-19-28)47-29-11-5-3-6-12-29/h3-22,25H,23-24,26H2,1-2H3,(H,38,42)(H,39,41). The van der Waals surface area contributed by atoms with E-state index in [4.69, 9.17) is 14.2 Å². The van der Waals surface area contributed by atoms with Crippen molar-refractivity contribution in [2.45, 2.75) is 11.3 Å². The average molecular weight is 666 g/mol. The van der Waals surface area contributed by atoms with Crippen molar-refractivity contribution in [2.24, 2.45) is 0 Å². The lowest BCUT2D eigenvalue weighted by Gasteiger charge is -2.24. The number of anilines is 2. The van der Waals surface area contributed by atoms with Crippen LogP contribution in [0.25, 0.3) is 0 Å². The molecule has 0 spiro atoms. The van der Waals surface area contributed by atoms with Crippen LogP contribution in [-0.4, -0.2) is 47.5 Å². The zero-order chi connectivity index (χ0) is 33.9. The van der Waals surface area contributed by atoms with Crippen molar-refractivity contribution in [1.82, 2.24) is 5.32 Å². The molecule has 5 rings (SSSR count). The summed E-state index contributed by atoms with van der Waals surface area (Å²) in [7, 11) is -1.03. The van der Waals surface area contributed by atoms with Crippen LogP contribution in [0.4, 0.5) is 11.4 Å². The minimum atomic E-state index is -4.15. The Hall–Kier alpha value is -5.81. The summed E-state index contributed by atoms with van der Waals surface area (Å²) in [5, 5.41) is 5.62. The molecule has 0 aliphatic rings. The van der Waals surface area contributed by atoms with Crippen LogP contribution in [0.5, 0.6) is 23.0 Å². The van der Waals surface area contributed by atoms with Crippen LogP contribution in [0.1, 0.15) is 15.9 Å². The van der Waals surface area contributed by atoms with Gasteiger partial charge in [-0.15, -0.1) is 0 Å². The minimum absolute atomic E-state index is 0.0247. The Bertz CT molecular complexity index is 1950. The Labute approximate surface area is 279 Å². The van der Waals surface area contributed by atoms with Crippen LogP contribution in [0.2, 0.25) is 0 Å². The van der Waals surface area contributed by atoms with E-state index in [2.05, 4.69) is 10.6 Å². The average Bonchev–Trinajstić information content (AvgIpc) is 3.12. The van der Waals surface area contributed by atoms with E-state index in [-0.39, 0.29) is 21.8 Å². The second kappa shape index (κ2) is 15.7. The van der Waals surface area contributed by atoms with Crippen molar-refractivity contribution >= 4 is 33.2 Å². The first-order chi connectivity index (χ1) is 23.3. The van der Waals surface area contributed by atoms with Crippen LogP contribution >= 0.6 is 0 Å². The fourth-order valence-electron chi connectivity index (χ4n) is 4.90. The van der Waals surface area contributed by atoms with E-state index in [0.717, 1.165) is 9.87 Å². The first-order valence-corrected chi connectivity index (χ1v) is 16.5. The van der Waals surface area contributed by atoms with Gasteiger partial charge in [-0.2, -0.15) is 0 Å². The highest BCUT2D eigenvalue weighted by molar-refractivity contribution is 7.92. The summed E-state index contributed by atoms with van der Waals surface area (Å²) >= 11 is 0. The lowest BCUT2D eigenvalue weighted by atomic mass is 10.1. The Morgan fingerprint density at radius 3 is 2.02 bits per heavy atom. The van der Waals surface area contributed by atoms with Crippen LogP contribution in [-0.2, 0) is 21.2 Å². The van der Waals surface area contributed by atoms with E-state index < -0.39 is 28.4 Å². The van der Waals surface area contributed by atoms with Crippen molar-refractivity contribution in [1.29, 1.82) is 0 Å². The number of carbonyl (C=O) groups is 2. The quantitative estimate of drug-likeness (QED) is 0.143. The van der Waals surface area contributed by atoms with Gasteiger partial charge in [0.25, 0.3) is 15.9 Å². The number of amides is 2. The van der Waals surface area contributed by atoms with Gasteiger partial charge in [0.05, 0.1) is 36.1 Å². The Kier molecular flexibility index (Phi) is 10.9. The molecule has 0 bridgehead atoms. The maximum absolute atomic E-state index is 13.8. The Morgan fingerprint density at radius 1 is 0.708 bits per heavy atom. The van der Waals surface area contributed by atoms with E-state index in [0.29, 0.717) is 36.0 Å². The summed E-state index contributed by atoms with van der Waals surface area (Å²) in [4.78, 5) is 26.7. The summed E-state index contributed by atoms with van der Waals surface area (Å²) in [6.07, 6.45) is 0.530. The summed E-state index contributed by atoms with van der Waals surface area (Å²) in [6.45, 7) is -0.227. The number of nitrogens with zero attached hydrogens (tertiary/aromatic N) is 1. The highest BCUT2D eigenvalue weighted by atomic mass is 32.2. The molecule has 11 heteroatoms. The molecule has 0 heterocycles. The maximum Gasteiger partial charge on any atom is 0.264 e. The number of ether oxygens (including phenoxy) is 3. The molecule has 0 saturated heterocycles. The topological polar surface area (TPSA) is 123 Å². The summed E-state index contributed by atoms with van der Waals surface area (Å²) in [5.74, 6) is 1.30. The molecule has 5 aromatic carbocycles. The molecule has 10 nitrogen and oxygen atoms in total. The molecule has 2 amide bonds. The van der Waals surface area contributed by atoms with Crippen molar-refractivity contribution in [3.8, 4) is 23.0 Å². The van der Waals surface area contributed by atoms with Gasteiger partial charge in [0.2, 0.25) is 5.91 Å². The predicted octanol–water partition coefficient (Wildman–Crippen LogP) is 6.30. The largest absolute Gasteiger partial charge is 0.493 e. The van der Waals surface area contributed by atoms with Crippen LogP contribution in [0.15, 0.2) is 132 Å². The van der Waals surface area contributed by atoms with Gasteiger partial charge >= 0.3 is 0 Å². The number of nitrogens with one attached hydrogen (secondary N) is 2. The molecule has 48 heavy (non-hydrogen) atoms. The third-order valence-corrected chi connectivity index (χ3v) is 9.10. The van der Waals surface area contributed by atoms with Crippen LogP contribution in [0.3, 0.4) is 0 Å². The summed E-state index contributed by atoms with van der Waals surface area (Å²) in [5.41, 5.74) is 1.68. The number of hydrogen-bond donors (Lipinski definition) is 2. The number of rotatable bonds is 14. The van der Waals surface area contributed by atoms with Gasteiger partial charge in [-0.25, -0.2) is 8.42 Å². The SMILES string of the molecule is COc1ccc(CCNC(=O)c2ccccc2NC(=O)CN(c2ccc(Oc3ccccc3)cc2)S(=O)(=O)c2ccccc2)cc1OC. The smallest absolute Gasteiger partial charge is 0.264 e. The van der Waals surface area contributed by atoms with E-state index in [1.54, 1.807) is 99.1 Å². The van der Waals surface area contributed by atoms with Gasteiger partial charge in [0.15, 0.2) is 11.5 Å². The number of methoxy groups -OCH3 is 2. The van der Waals surface area contributed by atoms with Crippen molar-refractivity contribution < 1.29 is 32.2 Å². The van der Waals surface area contributed by atoms with Gasteiger partial charge < -0.3 is 24.8 Å². The molecule has 0 aliphatic carbocycles. The fourth-order valence-corrected chi connectivity index (χ4v) is 6.34. The zero-order valence-electron chi connectivity index (χ0n) is 26.5. The van der Waals surface area contributed by atoms with Gasteiger partial charge in [0, 0.05) is 6.54 Å². The van der Waals surface area contributed by atoms with E-state index in [1.807, 2.05) is 30.3 Å². The predicted molar refractivity (Wildman–Crippen MR) is 185 cm³/mol. The van der Waals surface area contributed by atoms with Gasteiger partial charge in [-0.05, 0) is 84.8 Å². The molecule has 5 aromatic rings. The van der Waals surface area contributed by atoms with Gasteiger partial charge in [0.1, 0.15) is 18.0 Å². The summed E-state index contributed by atoms with van der Waals surface area (Å²) < 4.78 is 45.2. The molecule has 2 N–H and O–H groups in total. The fraction of sp³-hybridized carbons (Fsp3) is 0.135. The number of sulfonamides is 1. The first kappa shape index (κ1) is 33.6. The number of hydrogen-bond acceptors (Lipinski definition) is 7. The molecule has 0 aromatic heterocycles. The second-order valence-corrected chi connectivity index (χ2v) is 12.4. The molecule has 0 fully saturated rings. The van der Waals surface area contributed by atoms with Gasteiger partial charge in [-0.1, -0.05) is 54.6 Å². The highest BCUT2D eigenvalue weighted by Crippen LogP contribution is 2.29. The monoisotopic (exact) mass is 665 g/mol. The normalized spacial score (nSPS) is 10.9. The van der Waals surface area contributed by atoms with Crippen LogP contribution in [0, 0.1) is 0 Å². The van der Waals surface area contributed by atoms with E-state index in [9.17, 15) is 18.0 Å². The third-order valence-electron chi connectivity index (χ3n) is 7.31. The molecule has 0 unspecified atom stereocenters. The molecular formula is C37H35N3O7S. The Balaban J connectivity index is 1.30.